The minimum Gasteiger partial charge on any atom is -0.346 e. The Kier molecular flexibility index (Phi) is 3.70. The summed E-state index contributed by atoms with van der Waals surface area (Å²) in [5.41, 5.74) is 5.87. The lowest BCUT2D eigenvalue weighted by Crippen LogP contribution is -2.34. The normalized spacial score (nSPS) is 26.8. The molecule has 1 aliphatic rings. The molecule has 0 spiro atoms. The van der Waals surface area contributed by atoms with Crippen LogP contribution in [0.3, 0.4) is 0 Å². The third-order valence-corrected chi connectivity index (χ3v) is 4.73. The summed E-state index contributed by atoms with van der Waals surface area (Å²) in [6.07, 6.45) is 1.92. The van der Waals surface area contributed by atoms with Crippen LogP contribution in [0.5, 0.6) is 0 Å². The number of rotatable bonds is 3. The molecule has 1 aromatic heterocycles. The lowest BCUT2D eigenvalue weighted by atomic mass is 10.1. The molecule has 0 aliphatic carbocycles. The second-order valence-electron chi connectivity index (χ2n) is 5.25. The quantitative estimate of drug-likeness (QED) is 0.889. The fourth-order valence-corrected chi connectivity index (χ4v) is 3.30. The van der Waals surface area contributed by atoms with Gasteiger partial charge in [-0.3, -0.25) is 0 Å². The predicted octanol–water partition coefficient (Wildman–Crippen LogP) is 1.55. The molecular weight excluding hydrogens is 232 g/mol. The van der Waals surface area contributed by atoms with E-state index in [0.29, 0.717) is 12.0 Å². The Morgan fingerprint density at radius 2 is 2.24 bits per heavy atom. The molecule has 0 saturated carbocycles. The van der Waals surface area contributed by atoms with Gasteiger partial charge in [-0.15, -0.1) is 11.3 Å². The summed E-state index contributed by atoms with van der Waals surface area (Å²) >= 11 is 1.73. The molecule has 1 aliphatic heterocycles. The van der Waals surface area contributed by atoms with Gasteiger partial charge in [-0.05, 0) is 26.9 Å². The Labute approximate surface area is 107 Å². The molecule has 4 nitrogen and oxygen atoms in total. The highest BCUT2D eigenvalue weighted by Crippen LogP contribution is 2.31. The van der Waals surface area contributed by atoms with Crippen molar-refractivity contribution < 1.29 is 0 Å². The molecule has 1 fully saturated rings. The molecule has 3 unspecified atom stereocenters. The summed E-state index contributed by atoms with van der Waals surface area (Å²) in [6.45, 7) is 6.48. The van der Waals surface area contributed by atoms with Crippen LogP contribution in [0.1, 0.15) is 24.8 Å². The Balaban J connectivity index is 2.09. The number of thiazole rings is 1. The molecule has 17 heavy (non-hydrogen) atoms. The van der Waals surface area contributed by atoms with Gasteiger partial charge in [0, 0.05) is 36.2 Å². The first kappa shape index (κ1) is 12.8. The van der Waals surface area contributed by atoms with E-state index in [0.717, 1.165) is 18.2 Å². The van der Waals surface area contributed by atoms with Crippen molar-refractivity contribution in [3.8, 4) is 0 Å². The maximum atomic E-state index is 5.87. The van der Waals surface area contributed by atoms with Crippen molar-refractivity contribution in [2.45, 2.75) is 25.9 Å². The van der Waals surface area contributed by atoms with Gasteiger partial charge >= 0.3 is 0 Å². The minimum atomic E-state index is 0.0888. The van der Waals surface area contributed by atoms with Gasteiger partial charge in [0.25, 0.3) is 0 Å². The predicted molar refractivity (Wildman–Crippen MR) is 73.6 cm³/mol. The Morgan fingerprint density at radius 1 is 1.53 bits per heavy atom. The van der Waals surface area contributed by atoms with E-state index in [4.69, 9.17) is 5.73 Å². The zero-order valence-corrected chi connectivity index (χ0v) is 11.9. The van der Waals surface area contributed by atoms with Crippen molar-refractivity contribution in [3.05, 3.63) is 11.1 Å². The summed E-state index contributed by atoms with van der Waals surface area (Å²) < 4.78 is 0. The first-order chi connectivity index (χ1) is 7.99. The van der Waals surface area contributed by atoms with Gasteiger partial charge in [0.15, 0.2) is 5.13 Å². The number of aromatic nitrogens is 1. The molecule has 1 saturated heterocycles. The largest absolute Gasteiger partial charge is 0.346 e. The molecule has 1 aromatic rings. The van der Waals surface area contributed by atoms with E-state index in [9.17, 15) is 0 Å². The van der Waals surface area contributed by atoms with E-state index in [1.165, 1.54) is 4.88 Å². The summed E-state index contributed by atoms with van der Waals surface area (Å²) in [5, 5.41) is 1.12. The number of nitrogens with two attached hydrogens (primary N) is 1. The molecule has 96 valence electrons. The van der Waals surface area contributed by atoms with Crippen LogP contribution in [0.15, 0.2) is 6.20 Å². The van der Waals surface area contributed by atoms with Crippen molar-refractivity contribution in [1.82, 2.24) is 9.88 Å². The molecule has 0 bridgehead atoms. The maximum absolute atomic E-state index is 5.87. The van der Waals surface area contributed by atoms with Crippen LogP contribution in [0.4, 0.5) is 5.13 Å². The molecule has 5 heteroatoms. The summed E-state index contributed by atoms with van der Waals surface area (Å²) in [7, 11) is 4.31. The topological polar surface area (TPSA) is 45.4 Å². The van der Waals surface area contributed by atoms with Gasteiger partial charge in [0.05, 0.1) is 0 Å². The standard InChI is InChI=1S/C12H22N4S/c1-8-6-16(7-10(8)15(3)4)12-14-5-11(17-12)9(2)13/h5,8-10H,6-7,13H2,1-4H3. The van der Waals surface area contributed by atoms with E-state index in [2.05, 4.69) is 35.8 Å². The van der Waals surface area contributed by atoms with E-state index < -0.39 is 0 Å². The van der Waals surface area contributed by atoms with Gasteiger partial charge in [-0.25, -0.2) is 4.98 Å². The van der Waals surface area contributed by atoms with Gasteiger partial charge in [0.2, 0.25) is 0 Å². The molecule has 0 radical (unpaired) electrons. The highest BCUT2D eigenvalue weighted by molar-refractivity contribution is 7.15. The van der Waals surface area contributed by atoms with Gasteiger partial charge in [-0.2, -0.15) is 0 Å². The Bertz CT molecular complexity index is 374. The van der Waals surface area contributed by atoms with Gasteiger partial charge in [0.1, 0.15) is 0 Å². The molecule has 3 atom stereocenters. The van der Waals surface area contributed by atoms with Crippen LogP contribution < -0.4 is 10.6 Å². The zero-order chi connectivity index (χ0) is 12.6. The molecule has 2 rings (SSSR count). The van der Waals surface area contributed by atoms with Gasteiger partial charge in [-0.1, -0.05) is 6.92 Å². The number of nitrogens with zero attached hydrogens (tertiary/aromatic N) is 3. The first-order valence-electron chi connectivity index (χ1n) is 6.11. The first-order valence-corrected chi connectivity index (χ1v) is 6.93. The lowest BCUT2D eigenvalue weighted by Gasteiger charge is -2.22. The fourth-order valence-electron chi connectivity index (χ4n) is 2.41. The van der Waals surface area contributed by atoms with Crippen molar-refractivity contribution in [2.24, 2.45) is 11.7 Å². The van der Waals surface area contributed by atoms with Gasteiger partial charge < -0.3 is 15.5 Å². The van der Waals surface area contributed by atoms with Crippen molar-refractivity contribution in [3.63, 3.8) is 0 Å². The molecular formula is C12H22N4S. The fraction of sp³-hybridized carbons (Fsp3) is 0.750. The molecule has 2 heterocycles. The lowest BCUT2D eigenvalue weighted by molar-refractivity contribution is 0.266. The number of hydrogen-bond acceptors (Lipinski definition) is 5. The average molecular weight is 254 g/mol. The van der Waals surface area contributed by atoms with Crippen LogP contribution in [-0.2, 0) is 0 Å². The van der Waals surface area contributed by atoms with Crippen LogP contribution in [0.2, 0.25) is 0 Å². The Hall–Kier alpha value is -0.650. The summed E-state index contributed by atoms with van der Waals surface area (Å²) in [6, 6.07) is 0.712. The van der Waals surface area contributed by atoms with E-state index >= 15 is 0 Å². The van der Waals surface area contributed by atoms with Crippen molar-refractivity contribution in [1.29, 1.82) is 0 Å². The highest BCUT2D eigenvalue weighted by Gasteiger charge is 2.32. The second-order valence-corrected chi connectivity index (χ2v) is 6.29. The highest BCUT2D eigenvalue weighted by atomic mass is 32.1. The average Bonchev–Trinajstić information content (AvgIpc) is 2.82. The minimum absolute atomic E-state index is 0.0888. The van der Waals surface area contributed by atoms with Crippen LogP contribution in [-0.4, -0.2) is 43.1 Å². The van der Waals surface area contributed by atoms with Crippen LogP contribution in [0.25, 0.3) is 0 Å². The molecule has 2 N–H and O–H groups in total. The third-order valence-electron chi connectivity index (χ3n) is 3.47. The van der Waals surface area contributed by atoms with E-state index in [1.54, 1.807) is 11.3 Å². The monoisotopic (exact) mass is 254 g/mol. The van der Waals surface area contributed by atoms with Crippen molar-refractivity contribution >= 4 is 16.5 Å². The number of anilines is 1. The number of likely N-dealkylation sites (N-methyl/N-ethyl adjacent to an activating group) is 1. The van der Waals surface area contributed by atoms with Crippen molar-refractivity contribution in [2.75, 3.05) is 32.1 Å². The van der Waals surface area contributed by atoms with Crippen LogP contribution >= 0.6 is 11.3 Å². The number of hydrogen-bond donors (Lipinski definition) is 1. The second kappa shape index (κ2) is 4.92. The van der Waals surface area contributed by atoms with Crippen LogP contribution in [0, 0.1) is 5.92 Å². The zero-order valence-electron chi connectivity index (χ0n) is 11.1. The summed E-state index contributed by atoms with van der Waals surface area (Å²) in [4.78, 5) is 10.4. The summed E-state index contributed by atoms with van der Waals surface area (Å²) in [5.74, 6) is 0.688. The van der Waals surface area contributed by atoms with E-state index in [-0.39, 0.29) is 6.04 Å². The smallest absolute Gasteiger partial charge is 0.185 e. The third kappa shape index (κ3) is 2.61. The molecule has 0 amide bonds. The SMILES string of the molecule is CC(N)c1cnc(N2CC(C)C(N(C)C)C2)s1. The maximum Gasteiger partial charge on any atom is 0.185 e. The Morgan fingerprint density at radius 3 is 2.71 bits per heavy atom. The molecule has 0 aromatic carbocycles. The van der Waals surface area contributed by atoms with E-state index in [1.807, 2.05) is 13.1 Å².